The molecular formula is C32H37F2N3O2S2. The Balaban J connectivity index is 1.53. The second kappa shape index (κ2) is 15.4. The summed E-state index contributed by atoms with van der Waals surface area (Å²) in [5.41, 5.74) is 3.40. The fraction of sp³-hybridized carbons (Fsp3) is 0.375. The second-order valence-corrected chi connectivity index (χ2v) is 12.1. The zero-order valence-corrected chi connectivity index (χ0v) is 24.9. The van der Waals surface area contributed by atoms with Crippen LogP contribution in [0.5, 0.6) is 0 Å². The van der Waals surface area contributed by atoms with Crippen LogP contribution in [0.4, 0.5) is 14.5 Å². The van der Waals surface area contributed by atoms with Gasteiger partial charge in [0.25, 0.3) is 5.91 Å². The van der Waals surface area contributed by atoms with Gasteiger partial charge in [0.05, 0.1) is 6.04 Å². The first-order valence-electron chi connectivity index (χ1n) is 13.9. The lowest BCUT2D eigenvalue weighted by atomic mass is 9.97. The smallest absolute Gasteiger partial charge is 0.252 e. The van der Waals surface area contributed by atoms with Crippen molar-refractivity contribution in [1.82, 2.24) is 10.6 Å². The van der Waals surface area contributed by atoms with Crippen molar-refractivity contribution in [3.05, 3.63) is 101 Å². The molecule has 3 N–H and O–H groups in total. The van der Waals surface area contributed by atoms with Gasteiger partial charge in [-0.05, 0) is 84.7 Å². The maximum absolute atomic E-state index is 14.3. The molecule has 5 nitrogen and oxygen atoms in total. The van der Waals surface area contributed by atoms with Gasteiger partial charge in [0, 0.05) is 42.1 Å². The van der Waals surface area contributed by atoms with Gasteiger partial charge in [0.15, 0.2) is 5.78 Å². The highest BCUT2D eigenvalue weighted by Crippen LogP contribution is 2.21. The van der Waals surface area contributed by atoms with E-state index in [4.69, 9.17) is 0 Å². The molecule has 1 aliphatic heterocycles. The first kappa shape index (κ1) is 31.1. The van der Waals surface area contributed by atoms with Crippen LogP contribution in [0.15, 0.2) is 66.7 Å². The number of nitrogens with one attached hydrogen (secondary N) is 3. The molecule has 9 heteroatoms. The van der Waals surface area contributed by atoms with E-state index in [1.165, 1.54) is 18.2 Å². The lowest BCUT2D eigenvalue weighted by Crippen LogP contribution is -2.42. The van der Waals surface area contributed by atoms with E-state index in [2.05, 4.69) is 28.6 Å². The molecule has 1 amide bonds. The summed E-state index contributed by atoms with van der Waals surface area (Å²) in [6, 6.07) is 17.8. The van der Waals surface area contributed by atoms with E-state index in [1.807, 2.05) is 24.5 Å². The van der Waals surface area contributed by atoms with Crippen molar-refractivity contribution in [2.45, 2.75) is 49.4 Å². The van der Waals surface area contributed by atoms with Crippen molar-refractivity contribution in [1.29, 1.82) is 0 Å². The number of amides is 1. The summed E-state index contributed by atoms with van der Waals surface area (Å²) in [4.78, 5) is 27.0. The fourth-order valence-corrected chi connectivity index (χ4v) is 5.81. The molecule has 1 fully saturated rings. The standard InChI is InChI=1S/C32H37F2N3O2S2/c1-41-15-14-30(31(38)16-23-4-2-3-5-29(23)34)37-32(39)28-18-25(35-19-26-17-27(40)20-36-26)13-10-22(28)9-6-21-7-11-24(33)12-8-21/h2-5,7-8,10-13,18,26-27,30,35-36,40H,6,9,14-17,19-20H2,1H3,(H,37,39)/t26-,27-,30-/m0/s1. The topological polar surface area (TPSA) is 70.2 Å². The van der Waals surface area contributed by atoms with Crippen LogP contribution < -0.4 is 16.0 Å². The van der Waals surface area contributed by atoms with E-state index in [0.717, 1.165) is 29.8 Å². The van der Waals surface area contributed by atoms with Crippen LogP contribution in [-0.4, -0.2) is 54.1 Å². The molecule has 3 atom stereocenters. The van der Waals surface area contributed by atoms with Crippen molar-refractivity contribution in [3.8, 4) is 0 Å². The molecule has 0 bridgehead atoms. The Bertz CT molecular complexity index is 1320. The molecule has 1 heterocycles. The first-order chi connectivity index (χ1) is 19.8. The molecule has 1 saturated heterocycles. The van der Waals surface area contributed by atoms with E-state index in [1.54, 1.807) is 42.1 Å². The number of Topliss-reactive ketones (excluding diaryl/α,β-unsaturated/α-hetero) is 1. The lowest BCUT2D eigenvalue weighted by molar-refractivity contribution is -0.120. The molecule has 3 aromatic rings. The van der Waals surface area contributed by atoms with E-state index in [-0.39, 0.29) is 23.9 Å². The minimum atomic E-state index is -0.744. The summed E-state index contributed by atoms with van der Waals surface area (Å²) < 4.78 is 27.6. The molecule has 0 aliphatic carbocycles. The Labute approximate surface area is 250 Å². The Morgan fingerprint density at radius 2 is 1.83 bits per heavy atom. The van der Waals surface area contributed by atoms with Crippen molar-refractivity contribution in [2.75, 3.05) is 30.4 Å². The van der Waals surface area contributed by atoms with Crippen LogP contribution in [0.3, 0.4) is 0 Å². The average Bonchev–Trinajstić information content (AvgIpc) is 3.40. The summed E-state index contributed by atoms with van der Waals surface area (Å²) >= 11 is 6.13. The Hall–Kier alpha value is -2.88. The van der Waals surface area contributed by atoms with Crippen molar-refractivity contribution in [3.63, 3.8) is 0 Å². The highest BCUT2D eigenvalue weighted by molar-refractivity contribution is 7.98. The predicted molar refractivity (Wildman–Crippen MR) is 167 cm³/mol. The monoisotopic (exact) mass is 597 g/mol. The summed E-state index contributed by atoms with van der Waals surface area (Å²) in [5, 5.41) is 10.2. The van der Waals surface area contributed by atoms with E-state index >= 15 is 0 Å². The van der Waals surface area contributed by atoms with Gasteiger partial charge in [-0.25, -0.2) is 8.78 Å². The van der Waals surface area contributed by atoms with Crippen molar-refractivity contribution in [2.24, 2.45) is 0 Å². The molecule has 41 heavy (non-hydrogen) atoms. The van der Waals surface area contributed by atoms with Gasteiger partial charge in [-0.15, -0.1) is 0 Å². The molecule has 1 aliphatic rings. The zero-order valence-electron chi connectivity index (χ0n) is 23.2. The van der Waals surface area contributed by atoms with Gasteiger partial charge < -0.3 is 16.0 Å². The Morgan fingerprint density at radius 3 is 2.54 bits per heavy atom. The van der Waals surface area contributed by atoms with Crippen LogP contribution >= 0.6 is 24.4 Å². The number of rotatable bonds is 14. The van der Waals surface area contributed by atoms with E-state index < -0.39 is 11.9 Å². The highest BCUT2D eigenvalue weighted by Gasteiger charge is 2.24. The third-order valence-electron chi connectivity index (χ3n) is 7.33. The van der Waals surface area contributed by atoms with Crippen LogP contribution in [0, 0.1) is 11.6 Å². The van der Waals surface area contributed by atoms with Crippen LogP contribution in [0.2, 0.25) is 0 Å². The summed E-state index contributed by atoms with van der Waals surface area (Å²) in [6.07, 6.45) is 4.45. The minimum absolute atomic E-state index is 0.0917. The number of anilines is 1. The summed E-state index contributed by atoms with van der Waals surface area (Å²) in [7, 11) is 0. The van der Waals surface area contributed by atoms with Crippen molar-refractivity contribution < 1.29 is 18.4 Å². The molecule has 3 aromatic carbocycles. The SMILES string of the molecule is CSCC[C@H](NC(=O)c1cc(NC[C@@H]2C[C@H](S)CN2)ccc1CCc1ccc(F)cc1)C(=O)Cc1ccccc1F. The van der Waals surface area contributed by atoms with E-state index in [0.29, 0.717) is 54.0 Å². The lowest BCUT2D eigenvalue weighted by Gasteiger charge is -2.20. The fourth-order valence-electron chi connectivity index (χ4n) is 4.98. The van der Waals surface area contributed by atoms with Gasteiger partial charge in [-0.2, -0.15) is 24.4 Å². The molecular weight excluding hydrogens is 561 g/mol. The molecule has 218 valence electrons. The maximum Gasteiger partial charge on any atom is 0.252 e. The number of carbonyl (C=O) groups excluding carboxylic acids is 2. The number of ketones is 1. The molecule has 4 rings (SSSR count). The van der Waals surface area contributed by atoms with Crippen LogP contribution in [-0.2, 0) is 24.1 Å². The second-order valence-electron chi connectivity index (χ2n) is 10.4. The molecule has 0 aromatic heterocycles. The third kappa shape index (κ3) is 9.31. The molecule has 0 spiro atoms. The van der Waals surface area contributed by atoms with Gasteiger partial charge in [0.2, 0.25) is 0 Å². The number of benzene rings is 3. The normalized spacial score (nSPS) is 17.3. The van der Waals surface area contributed by atoms with Gasteiger partial charge >= 0.3 is 0 Å². The summed E-state index contributed by atoms with van der Waals surface area (Å²) in [6.45, 7) is 1.56. The summed E-state index contributed by atoms with van der Waals surface area (Å²) in [5.74, 6) is -0.619. The number of hydrogen-bond acceptors (Lipinski definition) is 6. The van der Waals surface area contributed by atoms with Crippen molar-refractivity contribution >= 4 is 41.8 Å². The van der Waals surface area contributed by atoms with E-state index in [9.17, 15) is 18.4 Å². The quantitative estimate of drug-likeness (QED) is 0.185. The molecule has 0 unspecified atom stereocenters. The van der Waals surface area contributed by atoms with Crippen LogP contribution in [0.1, 0.15) is 39.9 Å². The number of carbonyl (C=O) groups is 2. The maximum atomic E-state index is 14.3. The predicted octanol–water partition coefficient (Wildman–Crippen LogP) is 5.49. The van der Waals surface area contributed by atoms with Gasteiger partial charge in [0.1, 0.15) is 11.6 Å². The van der Waals surface area contributed by atoms with Crippen LogP contribution in [0.25, 0.3) is 0 Å². The van der Waals surface area contributed by atoms with Gasteiger partial charge in [-0.3, -0.25) is 9.59 Å². The van der Waals surface area contributed by atoms with Gasteiger partial charge in [-0.1, -0.05) is 36.4 Å². The Kier molecular flexibility index (Phi) is 11.7. The Morgan fingerprint density at radius 1 is 1.05 bits per heavy atom. The number of hydrogen-bond donors (Lipinski definition) is 4. The third-order valence-corrected chi connectivity index (χ3v) is 8.37. The first-order valence-corrected chi connectivity index (χ1v) is 15.8. The number of thiol groups is 1. The molecule has 0 saturated carbocycles. The largest absolute Gasteiger partial charge is 0.383 e. The minimum Gasteiger partial charge on any atom is -0.383 e. The number of halogens is 2. The number of thioether (sulfide) groups is 1. The number of aryl methyl sites for hydroxylation is 2. The zero-order chi connectivity index (χ0) is 29.2. The average molecular weight is 598 g/mol. The highest BCUT2D eigenvalue weighted by atomic mass is 32.2. The molecule has 0 radical (unpaired) electrons.